The van der Waals surface area contributed by atoms with Crippen molar-refractivity contribution in [1.82, 2.24) is 0 Å². The minimum Gasteiger partial charge on any atom is -0.506 e. The fourth-order valence-corrected chi connectivity index (χ4v) is 4.44. The number of fused-ring (bicyclic) bond motifs is 2. The molecule has 0 spiro atoms. The molecule has 6 aromatic rings. The average molecular weight is 739 g/mol. The van der Waals surface area contributed by atoms with Gasteiger partial charge in [-0.05, 0) is 46.0 Å². The van der Waals surface area contributed by atoms with Crippen molar-refractivity contribution in [3.05, 3.63) is 129 Å². The van der Waals surface area contributed by atoms with Crippen LogP contribution in [0.1, 0.15) is 26.3 Å². The summed E-state index contributed by atoms with van der Waals surface area (Å²) in [5.41, 5.74) is 23.0. The molecule has 0 saturated heterocycles. The fourth-order valence-electron chi connectivity index (χ4n) is 4.44. The van der Waals surface area contributed by atoms with Crippen molar-refractivity contribution >= 4 is 55.7 Å². The SMILES string of the molecule is CC(C)(C)c1cc(N)c(O)c([N+](=O)[O-])c1.Nc1c(O)ccc2ccccc12.Nc1c(O)ccc2ccccc12.Nc1cc([N+](=O)[O-])ccc1O.[Fe]. The van der Waals surface area contributed by atoms with Crippen molar-refractivity contribution in [2.75, 3.05) is 22.9 Å². The number of rotatable bonds is 2. The second kappa shape index (κ2) is 17.3. The number of nitrogens with two attached hydrogens (primary N) is 4. The number of hydrogen-bond acceptors (Lipinski definition) is 12. The Morgan fingerprint density at radius 2 is 1.02 bits per heavy atom. The predicted octanol–water partition coefficient (Wildman–Crippen LogP) is 7.32. The first-order valence-corrected chi connectivity index (χ1v) is 14.8. The molecule has 0 heterocycles. The van der Waals surface area contributed by atoms with Gasteiger partial charge >= 0.3 is 5.69 Å². The summed E-state index contributed by atoms with van der Waals surface area (Å²) in [5, 5.41) is 61.5. The zero-order valence-corrected chi connectivity index (χ0v) is 28.9. The van der Waals surface area contributed by atoms with Crippen LogP contribution in [0.3, 0.4) is 0 Å². The molecule has 0 aliphatic rings. The van der Waals surface area contributed by atoms with Crippen LogP contribution < -0.4 is 22.9 Å². The maximum absolute atomic E-state index is 10.6. The molecule has 15 heteroatoms. The van der Waals surface area contributed by atoms with Gasteiger partial charge in [0, 0.05) is 46.0 Å². The zero-order chi connectivity index (χ0) is 37.3. The fraction of sp³-hybridized carbons (Fsp3) is 0.111. The molecule has 0 atom stereocenters. The number of aromatic hydroxyl groups is 4. The minimum absolute atomic E-state index is 0. The second-order valence-corrected chi connectivity index (χ2v) is 11.9. The molecule has 0 amide bonds. The maximum Gasteiger partial charge on any atom is 0.313 e. The van der Waals surface area contributed by atoms with E-state index in [0.717, 1.165) is 33.2 Å². The largest absolute Gasteiger partial charge is 0.506 e. The number of benzene rings is 6. The molecule has 268 valence electrons. The Labute approximate surface area is 303 Å². The quantitative estimate of drug-likeness (QED) is 0.0285. The third-order valence-corrected chi connectivity index (χ3v) is 7.30. The molecule has 0 fully saturated rings. The Hall–Kier alpha value is -6.44. The van der Waals surface area contributed by atoms with E-state index in [-0.39, 0.29) is 62.5 Å². The van der Waals surface area contributed by atoms with Crippen molar-refractivity contribution < 1.29 is 47.3 Å². The number of nitro groups is 2. The Balaban J connectivity index is 0.000000235. The molecule has 0 bridgehead atoms. The van der Waals surface area contributed by atoms with Gasteiger partial charge in [0.2, 0.25) is 5.75 Å². The van der Waals surface area contributed by atoms with Crippen LogP contribution in [-0.2, 0) is 22.5 Å². The van der Waals surface area contributed by atoms with Gasteiger partial charge in [-0.1, -0.05) is 81.4 Å². The monoisotopic (exact) mass is 738 g/mol. The van der Waals surface area contributed by atoms with E-state index in [2.05, 4.69) is 0 Å². The maximum atomic E-state index is 10.6. The van der Waals surface area contributed by atoms with Gasteiger partial charge in [0.25, 0.3) is 5.69 Å². The van der Waals surface area contributed by atoms with E-state index in [1.807, 2.05) is 81.4 Å². The second-order valence-electron chi connectivity index (χ2n) is 11.9. The number of phenols is 4. The van der Waals surface area contributed by atoms with Crippen molar-refractivity contribution in [3.63, 3.8) is 0 Å². The summed E-state index contributed by atoms with van der Waals surface area (Å²) in [6.07, 6.45) is 0. The Bertz CT molecular complexity index is 2090. The van der Waals surface area contributed by atoms with E-state index < -0.39 is 15.6 Å². The van der Waals surface area contributed by atoms with E-state index in [0.29, 0.717) is 11.4 Å². The van der Waals surface area contributed by atoms with E-state index >= 15 is 0 Å². The standard InChI is InChI=1S/C10H14N2O3.2C10H9NO.C6H6N2O3.Fe/c1-10(2,3)6-4-7(11)9(13)8(5-6)12(14)15;2*11-10-8-4-2-1-3-7(8)5-6-9(10)12;7-5-3-4(8(10)11)1-2-6(5)9;/h4-5,13H,11H2,1-3H3;2*1-6,12H,11H2;1-3,9H,7H2;. The number of phenolic OH excluding ortho intramolecular Hbond substituents is 4. The number of hydrogen-bond donors (Lipinski definition) is 8. The van der Waals surface area contributed by atoms with Crippen LogP contribution in [0, 0.1) is 20.2 Å². The first-order valence-electron chi connectivity index (χ1n) is 14.8. The smallest absolute Gasteiger partial charge is 0.313 e. The summed E-state index contributed by atoms with van der Waals surface area (Å²) < 4.78 is 0. The molecule has 0 saturated carbocycles. The van der Waals surface area contributed by atoms with Crippen LogP contribution in [-0.4, -0.2) is 30.3 Å². The van der Waals surface area contributed by atoms with Gasteiger partial charge in [-0.3, -0.25) is 20.2 Å². The molecule has 14 nitrogen and oxygen atoms in total. The Kier molecular flexibility index (Phi) is 13.8. The summed E-state index contributed by atoms with van der Waals surface area (Å²) >= 11 is 0. The molecule has 0 aliphatic heterocycles. The summed E-state index contributed by atoms with van der Waals surface area (Å²) in [4.78, 5) is 19.6. The minimum atomic E-state index is -0.638. The van der Waals surface area contributed by atoms with Gasteiger partial charge in [0.05, 0.1) is 32.6 Å². The molecule has 0 unspecified atom stereocenters. The van der Waals surface area contributed by atoms with Crippen molar-refractivity contribution in [2.45, 2.75) is 26.2 Å². The third kappa shape index (κ3) is 10.5. The van der Waals surface area contributed by atoms with Crippen LogP contribution in [0.4, 0.5) is 34.1 Å². The van der Waals surface area contributed by atoms with Gasteiger partial charge < -0.3 is 43.4 Å². The van der Waals surface area contributed by atoms with Gasteiger partial charge in [0.1, 0.15) is 17.2 Å². The van der Waals surface area contributed by atoms with Crippen LogP contribution in [0.15, 0.2) is 103 Å². The van der Waals surface area contributed by atoms with E-state index in [9.17, 15) is 35.5 Å². The third-order valence-electron chi connectivity index (χ3n) is 7.30. The average Bonchev–Trinajstić information content (AvgIpc) is 3.07. The molecule has 0 aliphatic carbocycles. The zero-order valence-electron chi connectivity index (χ0n) is 27.8. The molecule has 6 rings (SSSR count). The van der Waals surface area contributed by atoms with E-state index in [1.54, 1.807) is 18.2 Å². The number of nitrogens with zero attached hydrogens (tertiary/aromatic N) is 2. The predicted molar refractivity (Wildman–Crippen MR) is 197 cm³/mol. The van der Waals surface area contributed by atoms with E-state index in [1.165, 1.54) is 18.2 Å². The number of nitro benzene ring substituents is 2. The molecule has 12 N–H and O–H groups in total. The van der Waals surface area contributed by atoms with Crippen molar-refractivity contribution in [2.24, 2.45) is 0 Å². The first kappa shape index (κ1) is 40.7. The summed E-state index contributed by atoms with van der Waals surface area (Å²) in [6, 6.07) is 28.7. The number of non-ortho nitro benzene ring substituents is 1. The Morgan fingerprint density at radius 3 is 1.43 bits per heavy atom. The van der Waals surface area contributed by atoms with Crippen LogP contribution in [0.5, 0.6) is 23.0 Å². The molecule has 0 radical (unpaired) electrons. The van der Waals surface area contributed by atoms with Gasteiger partial charge in [0.15, 0.2) is 0 Å². The molecular formula is C36H38FeN6O8. The van der Waals surface area contributed by atoms with Crippen molar-refractivity contribution in [1.29, 1.82) is 0 Å². The van der Waals surface area contributed by atoms with Gasteiger partial charge in [-0.15, -0.1) is 0 Å². The van der Waals surface area contributed by atoms with Crippen LogP contribution >= 0.6 is 0 Å². The van der Waals surface area contributed by atoms with E-state index in [4.69, 9.17) is 28.0 Å². The molecule has 0 aromatic heterocycles. The molecular weight excluding hydrogens is 700 g/mol. The van der Waals surface area contributed by atoms with Gasteiger partial charge in [-0.2, -0.15) is 0 Å². The number of anilines is 4. The Morgan fingerprint density at radius 1 is 0.569 bits per heavy atom. The van der Waals surface area contributed by atoms with Crippen LogP contribution in [0.2, 0.25) is 0 Å². The molecule has 6 aromatic carbocycles. The summed E-state index contributed by atoms with van der Waals surface area (Å²) in [7, 11) is 0. The topological polar surface area (TPSA) is 271 Å². The first-order chi connectivity index (χ1) is 23.4. The van der Waals surface area contributed by atoms with Crippen LogP contribution in [0.25, 0.3) is 21.5 Å². The van der Waals surface area contributed by atoms with Gasteiger partial charge in [-0.25, -0.2) is 0 Å². The molecule has 51 heavy (non-hydrogen) atoms. The normalized spacial score (nSPS) is 10.3. The summed E-state index contributed by atoms with van der Waals surface area (Å²) in [6.45, 7) is 5.76. The summed E-state index contributed by atoms with van der Waals surface area (Å²) in [5.74, 6) is -0.314. The van der Waals surface area contributed by atoms with Crippen molar-refractivity contribution in [3.8, 4) is 23.0 Å². The number of nitrogen functional groups attached to an aromatic ring is 4.